The van der Waals surface area contributed by atoms with Crippen LogP contribution >= 0.6 is 11.8 Å². The van der Waals surface area contributed by atoms with Gasteiger partial charge in [-0.15, -0.1) is 0 Å². The molecule has 2 aromatic heterocycles. The SMILES string of the molecule is CSc1ncc(C(=O)N(C)Cc2nc3ccccc3c(=O)[nH]2)n1-c1ccc(F)cc1. The lowest BCUT2D eigenvalue weighted by Crippen LogP contribution is -2.30. The molecule has 152 valence electrons. The van der Waals surface area contributed by atoms with Gasteiger partial charge in [0.2, 0.25) is 0 Å². The number of carbonyl (C=O) groups is 1. The molecule has 0 radical (unpaired) electrons. The van der Waals surface area contributed by atoms with E-state index in [4.69, 9.17) is 0 Å². The maximum absolute atomic E-state index is 13.3. The third kappa shape index (κ3) is 3.71. The van der Waals surface area contributed by atoms with Gasteiger partial charge < -0.3 is 9.88 Å². The normalized spacial score (nSPS) is 11.0. The zero-order valence-electron chi connectivity index (χ0n) is 16.3. The number of aromatic amines is 1. The molecule has 0 saturated heterocycles. The molecule has 0 aliphatic heterocycles. The first-order chi connectivity index (χ1) is 14.5. The van der Waals surface area contributed by atoms with Crippen LogP contribution in [0.3, 0.4) is 0 Å². The first kappa shape index (κ1) is 19.8. The number of imidazole rings is 1. The van der Waals surface area contributed by atoms with Crippen LogP contribution in [0.25, 0.3) is 16.6 Å². The molecule has 7 nitrogen and oxygen atoms in total. The molecule has 0 fully saturated rings. The van der Waals surface area contributed by atoms with E-state index in [9.17, 15) is 14.0 Å². The van der Waals surface area contributed by atoms with Crippen molar-refractivity contribution in [1.82, 2.24) is 24.4 Å². The summed E-state index contributed by atoms with van der Waals surface area (Å²) in [6, 6.07) is 12.9. The number of hydrogen-bond donors (Lipinski definition) is 1. The largest absolute Gasteiger partial charge is 0.333 e. The number of H-pyrrole nitrogens is 1. The first-order valence-corrected chi connectivity index (χ1v) is 10.3. The molecule has 4 aromatic rings. The van der Waals surface area contributed by atoms with Gasteiger partial charge in [0.05, 0.1) is 23.6 Å². The van der Waals surface area contributed by atoms with Crippen molar-refractivity contribution < 1.29 is 9.18 Å². The zero-order valence-corrected chi connectivity index (χ0v) is 17.1. The fourth-order valence-corrected chi connectivity index (χ4v) is 3.72. The molecule has 4 rings (SSSR count). The van der Waals surface area contributed by atoms with Crippen molar-refractivity contribution in [1.29, 1.82) is 0 Å². The number of nitrogens with one attached hydrogen (secondary N) is 1. The van der Waals surface area contributed by atoms with Crippen LogP contribution in [-0.2, 0) is 6.54 Å². The standard InChI is InChI=1S/C21H18FN5O2S/c1-26(12-18-24-16-6-4-3-5-15(16)19(28)25-18)20(29)17-11-23-21(30-2)27(17)14-9-7-13(22)8-10-14/h3-11H,12H2,1-2H3,(H,24,25,28). The summed E-state index contributed by atoms with van der Waals surface area (Å²) in [5.41, 5.74) is 1.28. The third-order valence-electron chi connectivity index (χ3n) is 4.61. The number of amides is 1. The minimum Gasteiger partial charge on any atom is -0.333 e. The Morgan fingerprint density at radius 3 is 2.67 bits per heavy atom. The van der Waals surface area contributed by atoms with E-state index < -0.39 is 0 Å². The number of halogens is 1. The van der Waals surface area contributed by atoms with E-state index in [0.29, 0.717) is 33.3 Å². The number of aromatic nitrogens is 4. The lowest BCUT2D eigenvalue weighted by molar-refractivity contribution is 0.0773. The van der Waals surface area contributed by atoms with E-state index in [-0.39, 0.29) is 23.8 Å². The van der Waals surface area contributed by atoms with Crippen LogP contribution in [0.15, 0.2) is 64.7 Å². The quantitative estimate of drug-likeness (QED) is 0.498. The van der Waals surface area contributed by atoms with Crippen molar-refractivity contribution in [3.63, 3.8) is 0 Å². The monoisotopic (exact) mass is 423 g/mol. The third-order valence-corrected chi connectivity index (χ3v) is 5.26. The van der Waals surface area contributed by atoms with Crippen molar-refractivity contribution in [2.75, 3.05) is 13.3 Å². The molecular weight excluding hydrogens is 405 g/mol. The number of thioether (sulfide) groups is 1. The molecule has 2 aromatic carbocycles. The highest BCUT2D eigenvalue weighted by Gasteiger charge is 2.21. The average Bonchev–Trinajstić information content (AvgIpc) is 3.18. The van der Waals surface area contributed by atoms with Gasteiger partial charge in [-0.2, -0.15) is 0 Å². The van der Waals surface area contributed by atoms with Crippen molar-refractivity contribution in [3.8, 4) is 5.69 Å². The highest BCUT2D eigenvalue weighted by molar-refractivity contribution is 7.98. The van der Waals surface area contributed by atoms with Crippen molar-refractivity contribution >= 4 is 28.6 Å². The molecule has 0 atom stereocenters. The van der Waals surface area contributed by atoms with E-state index in [1.807, 2.05) is 6.26 Å². The van der Waals surface area contributed by atoms with Gasteiger partial charge in [0.25, 0.3) is 11.5 Å². The Morgan fingerprint density at radius 1 is 1.20 bits per heavy atom. The van der Waals surface area contributed by atoms with Crippen molar-refractivity contribution in [3.05, 3.63) is 82.4 Å². The molecule has 0 bridgehead atoms. The number of hydrogen-bond acceptors (Lipinski definition) is 5. The summed E-state index contributed by atoms with van der Waals surface area (Å²) in [5.74, 6) is -0.281. The Labute approximate surface area is 175 Å². The van der Waals surface area contributed by atoms with Crippen LogP contribution in [0, 0.1) is 5.82 Å². The Morgan fingerprint density at radius 2 is 1.93 bits per heavy atom. The second-order valence-corrected chi connectivity index (χ2v) is 7.41. The maximum Gasteiger partial charge on any atom is 0.272 e. The molecular formula is C21H18FN5O2S. The fraction of sp³-hybridized carbons (Fsp3) is 0.143. The number of benzene rings is 2. The second-order valence-electron chi connectivity index (χ2n) is 6.63. The van der Waals surface area contributed by atoms with E-state index in [2.05, 4.69) is 15.0 Å². The Kier molecular flexibility index (Phi) is 5.37. The van der Waals surface area contributed by atoms with Crippen molar-refractivity contribution in [2.45, 2.75) is 11.7 Å². The molecule has 1 N–H and O–H groups in total. The van der Waals surface area contributed by atoms with E-state index in [1.54, 1.807) is 48.0 Å². The highest BCUT2D eigenvalue weighted by atomic mass is 32.2. The molecule has 2 heterocycles. The van der Waals surface area contributed by atoms with Gasteiger partial charge in [0.15, 0.2) is 5.16 Å². The number of fused-ring (bicyclic) bond motifs is 1. The second kappa shape index (κ2) is 8.11. The van der Waals surface area contributed by atoms with Gasteiger partial charge in [0.1, 0.15) is 17.3 Å². The zero-order chi connectivity index (χ0) is 21.3. The first-order valence-electron chi connectivity index (χ1n) is 9.09. The minimum atomic E-state index is -0.360. The Hall–Kier alpha value is -3.46. The summed E-state index contributed by atoms with van der Waals surface area (Å²) < 4.78 is 15.0. The molecule has 30 heavy (non-hydrogen) atoms. The lowest BCUT2D eigenvalue weighted by atomic mass is 10.2. The number of para-hydroxylation sites is 1. The van der Waals surface area contributed by atoms with Gasteiger partial charge in [0, 0.05) is 12.7 Å². The summed E-state index contributed by atoms with van der Waals surface area (Å²) in [6.07, 6.45) is 3.34. The lowest BCUT2D eigenvalue weighted by Gasteiger charge is -2.18. The number of nitrogens with zero attached hydrogens (tertiary/aromatic N) is 4. The smallest absolute Gasteiger partial charge is 0.272 e. The van der Waals surface area contributed by atoms with Crippen molar-refractivity contribution in [2.24, 2.45) is 0 Å². The average molecular weight is 423 g/mol. The van der Waals surface area contributed by atoms with Crippen LogP contribution < -0.4 is 5.56 Å². The summed E-state index contributed by atoms with van der Waals surface area (Å²) in [7, 11) is 1.62. The molecule has 0 unspecified atom stereocenters. The van der Waals surface area contributed by atoms with Gasteiger partial charge in [-0.3, -0.25) is 14.2 Å². The van der Waals surface area contributed by atoms with Gasteiger partial charge in [-0.1, -0.05) is 23.9 Å². The van der Waals surface area contributed by atoms with Gasteiger partial charge >= 0.3 is 0 Å². The summed E-state index contributed by atoms with van der Waals surface area (Å²) >= 11 is 1.38. The summed E-state index contributed by atoms with van der Waals surface area (Å²) in [6.45, 7) is 0.113. The molecule has 9 heteroatoms. The molecule has 1 amide bonds. The molecule has 0 spiro atoms. The predicted molar refractivity (Wildman–Crippen MR) is 113 cm³/mol. The van der Waals surface area contributed by atoms with E-state index in [0.717, 1.165) is 0 Å². The van der Waals surface area contributed by atoms with Crippen LogP contribution in [0.1, 0.15) is 16.3 Å². The van der Waals surface area contributed by atoms with Crippen LogP contribution in [-0.4, -0.2) is 43.6 Å². The molecule has 0 aliphatic rings. The number of carbonyl (C=O) groups excluding carboxylic acids is 1. The minimum absolute atomic E-state index is 0.113. The maximum atomic E-state index is 13.3. The Bertz CT molecular complexity index is 1280. The predicted octanol–water partition coefficient (Wildman–Crippen LogP) is 3.24. The van der Waals surface area contributed by atoms with Crippen LogP contribution in [0.5, 0.6) is 0 Å². The van der Waals surface area contributed by atoms with E-state index >= 15 is 0 Å². The van der Waals surface area contributed by atoms with Crippen LogP contribution in [0.2, 0.25) is 0 Å². The highest BCUT2D eigenvalue weighted by Crippen LogP contribution is 2.23. The summed E-state index contributed by atoms with van der Waals surface area (Å²) in [4.78, 5) is 38.4. The van der Waals surface area contributed by atoms with Gasteiger partial charge in [-0.05, 0) is 42.7 Å². The topological polar surface area (TPSA) is 83.9 Å². The fourth-order valence-electron chi connectivity index (χ4n) is 3.17. The number of rotatable bonds is 5. The van der Waals surface area contributed by atoms with E-state index in [1.165, 1.54) is 35.0 Å². The summed E-state index contributed by atoms with van der Waals surface area (Å²) in [5, 5.41) is 1.10. The van der Waals surface area contributed by atoms with Gasteiger partial charge in [-0.25, -0.2) is 14.4 Å². The van der Waals surface area contributed by atoms with Crippen LogP contribution in [0.4, 0.5) is 4.39 Å². The Balaban J connectivity index is 1.66. The molecule has 0 aliphatic carbocycles. The molecule has 0 saturated carbocycles.